The van der Waals surface area contributed by atoms with Gasteiger partial charge in [-0.05, 0) is 30.3 Å². The fourth-order valence-electron chi connectivity index (χ4n) is 4.17. The van der Waals surface area contributed by atoms with Gasteiger partial charge in [-0.2, -0.15) is 5.10 Å². The number of carbonyl (C=O) groups excluding carboxylic acids is 1. The molecule has 3 heterocycles. The van der Waals surface area contributed by atoms with E-state index in [0.29, 0.717) is 33.1 Å². The minimum Gasteiger partial charge on any atom is -0.368 e. The Morgan fingerprint density at radius 3 is 2.64 bits per heavy atom. The predicted molar refractivity (Wildman–Crippen MR) is 131 cm³/mol. The summed E-state index contributed by atoms with van der Waals surface area (Å²) in [5.74, 6) is -0.268. The fourth-order valence-corrected chi connectivity index (χ4v) is 4.69. The van der Waals surface area contributed by atoms with Crippen LogP contribution in [0.1, 0.15) is 10.5 Å². The lowest BCUT2D eigenvalue weighted by molar-refractivity contribution is 0.0942. The van der Waals surface area contributed by atoms with Gasteiger partial charge in [-0.1, -0.05) is 35.3 Å². The normalized spacial score (nSPS) is 14.8. The number of aromatic nitrogens is 3. The Labute approximate surface area is 199 Å². The zero-order valence-electron chi connectivity index (χ0n) is 17.7. The Bertz CT molecular complexity index is 1390. The first-order valence-corrected chi connectivity index (χ1v) is 11.5. The number of rotatable bonds is 5. The van der Waals surface area contributed by atoms with E-state index in [1.807, 2.05) is 24.3 Å². The summed E-state index contributed by atoms with van der Waals surface area (Å²) in [4.78, 5) is 32.2. The molecule has 2 aromatic heterocycles. The summed E-state index contributed by atoms with van der Waals surface area (Å²) < 4.78 is 1.59. The van der Waals surface area contributed by atoms with Crippen molar-refractivity contribution >= 4 is 51.3 Å². The van der Waals surface area contributed by atoms with E-state index in [2.05, 4.69) is 25.2 Å². The number of halogens is 2. The number of nitrogens with one attached hydrogen (secondary N) is 2. The molecule has 1 saturated heterocycles. The molecule has 33 heavy (non-hydrogen) atoms. The number of para-hydroxylation sites is 1. The van der Waals surface area contributed by atoms with Gasteiger partial charge >= 0.3 is 0 Å². The summed E-state index contributed by atoms with van der Waals surface area (Å²) in [6.07, 6.45) is 0. The third-order valence-electron chi connectivity index (χ3n) is 5.90. The maximum absolute atomic E-state index is 12.6. The minimum atomic E-state index is -0.268. The molecule has 1 aliphatic heterocycles. The van der Waals surface area contributed by atoms with E-state index in [9.17, 15) is 9.59 Å². The number of aromatic amines is 1. The number of benzene rings is 2. The second kappa shape index (κ2) is 9.05. The van der Waals surface area contributed by atoms with Gasteiger partial charge in [0.05, 0.1) is 21.6 Å². The van der Waals surface area contributed by atoms with Gasteiger partial charge in [-0.15, -0.1) is 0 Å². The zero-order chi connectivity index (χ0) is 22.9. The van der Waals surface area contributed by atoms with Crippen molar-refractivity contribution in [2.24, 2.45) is 0 Å². The van der Waals surface area contributed by atoms with Crippen molar-refractivity contribution < 1.29 is 4.79 Å². The van der Waals surface area contributed by atoms with E-state index in [1.165, 1.54) is 0 Å². The van der Waals surface area contributed by atoms with Crippen LogP contribution in [0.25, 0.3) is 16.6 Å². The molecule has 2 N–H and O–H groups in total. The molecule has 1 amide bonds. The third-order valence-corrected chi connectivity index (χ3v) is 6.43. The van der Waals surface area contributed by atoms with E-state index < -0.39 is 0 Å². The van der Waals surface area contributed by atoms with Crippen molar-refractivity contribution in [2.75, 3.05) is 44.2 Å². The van der Waals surface area contributed by atoms with Gasteiger partial charge in [-0.25, -0.2) is 4.52 Å². The number of hydrogen-bond acceptors (Lipinski definition) is 5. The molecule has 5 rings (SSSR count). The number of anilines is 1. The van der Waals surface area contributed by atoms with Gasteiger partial charge in [0.25, 0.3) is 11.5 Å². The van der Waals surface area contributed by atoms with Gasteiger partial charge in [0.1, 0.15) is 5.65 Å². The molecule has 170 valence electrons. The molecule has 10 heteroatoms. The summed E-state index contributed by atoms with van der Waals surface area (Å²) in [6, 6.07) is 14.3. The highest BCUT2D eigenvalue weighted by atomic mass is 35.5. The van der Waals surface area contributed by atoms with Crippen LogP contribution in [0.3, 0.4) is 0 Å². The lowest BCUT2D eigenvalue weighted by atomic mass is 10.2. The lowest BCUT2D eigenvalue weighted by Gasteiger charge is -2.36. The first-order chi connectivity index (χ1) is 16.0. The topological polar surface area (TPSA) is 85.7 Å². The Hall–Kier alpha value is -3.07. The van der Waals surface area contributed by atoms with Crippen molar-refractivity contribution in [3.05, 3.63) is 74.6 Å². The number of hydrogen-bond donors (Lipinski definition) is 2. The summed E-state index contributed by atoms with van der Waals surface area (Å²) in [6.45, 7) is 4.68. The molecule has 0 aliphatic carbocycles. The van der Waals surface area contributed by atoms with Crippen LogP contribution in [0.15, 0.2) is 53.3 Å². The highest BCUT2D eigenvalue weighted by Gasteiger charge is 2.19. The maximum atomic E-state index is 12.6. The second-order valence-corrected chi connectivity index (χ2v) is 8.82. The van der Waals surface area contributed by atoms with Crippen molar-refractivity contribution in [1.82, 2.24) is 24.8 Å². The molecule has 2 aromatic carbocycles. The molecule has 0 spiro atoms. The predicted octanol–water partition coefficient (Wildman–Crippen LogP) is 3.03. The Morgan fingerprint density at radius 2 is 1.85 bits per heavy atom. The molecule has 0 atom stereocenters. The summed E-state index contributed by atoms with van der Waals surface area (Å²) in [7, 11) is 0. The van der Waals surface area contributed by atoms with E-state index in [4.69, 9.17) is 23.2 Å². The first kappa shape index (κ1) is 21.8. The van der Waals surface area contributed by atoms with Crippen LogP contribution in [0.5, 0.6) is 0 Å². The summed E-state index contributed by atoms with van der Waals surface area (Å²) in [5, 5.41) is 9.14. The van der Waals surface area contributed by atoms with Crippen molar-refractivity contribution in [3.63, 3.8) is 0 Å². The molecule has 0 unspecified atom stereocenters. The number of nitrogens with zero attached hydrogens (tertiary/aromatic N) is 4. The van der Waals surface area contributed by atoms with Gasteiger partial charge in [0.2, 0.25) is 0 Å². The van der Waals surface area contributed by atoms with Crippen LogP contribution in [-0.4, -0.2) is 64.7 Å². The summed E-state index contributed by atoms with van der Waals surface area (Å²) in [5.41, 5.74) is 2.20. The molecule has 1 fully saturated rings. The molecule has 8 nitrogen and oxygen atoms in total. The minimum absolute atomic E-state index is 0.205. The molecule has 0 saturated carbocycles. The molecule has 0 radical (unpaired) electrons. The van der Waals surface area contributed by atoms with Crippen molar-refractivity contribution in [1.29, 1.82) is 0 Å². The Morgan fingerprint density at radius 1 is 1.06 bits per heavy atom. The standard InChI is InChI=1S/C23H22Cl2N6O2/c24-15-5-6-20(17(25)13-15)30-11-9-29(10-12-30)8-7-26-23(33)18-14-21-27-22(32)16-3-1-2-4-19(16)31(21)28-18/h1-6,13-14H,7-12H2,(H,26,33)(H,27,32). The molecule has 0 bridgehead atoms. The van der Waals surface area contributed by atoms with Crippen molar-refractivity contribution in [2.45, 2.75) is 0 Å². The average Bonchev–Trinajstić information content (AvgIpc) is 3.24. The van der Waals surface area contributed by atoms with Crippen LogP contribution in [0.2, 0.25) is 10.0 Å². The van der Waals surface area contributed by atoms with Crippen LogP contribution < -0.4 is 15.8 Å². The van der Waals surface area contributed by atoms with Crippen molar-refractivity contribution in [3.8, 4) is 0 Å². The zero-order valence-corrected chi connectivity index (χ0v) is 19.2. The number of fused-ring (bicyclic) bond motifs is 3. The number of amides is 1. The molecule has 4 aromatic rings. The molecule has 1 aliphatic rings. The summed E-state index contributed by atoms with van der Waals surface area (Å²) >= 11 is 12.3. The maximum Gasteiger partial charge on any atom is 0.271 e. The monoisotopic (exact) mass is 484 g/mol. The molecular weight excluding hydrogens is 463 g/mol. The van der Waals surface area contributed by atoms with Gasteiger partial charge in [0.15, 0.2) is 5.69 Å². The second-order valence-electron chi connectivity index (χ2n) is 7.98. The first-order valence-electron chi connectivity index (χ1n) is 10.7. The number of H-pyrrole nitrogens is 1. The van der Waals surface area contributed by atoms with Gasteiger partial charge in [-0.3, -0.25) is 14.5 Å². The third kappa shape index (κ3) is 4.42. The van der Waals surface area contributed by atoms with E-state index >= 15 is 0 Å². The van der Waals surface area contributed by atoms with E-state index in [1.54, 1.807) is 28.8 Å². The average molecular weight is 485 g/mol. The Balaban J connectivity index is 1.17. The van der Waals surface area contributed by atoms with Crippen LogP contribution in [0.4, 0.5) is 5.69 Å². The Kier molecular flexibility index (Phi) is 5.97. The van der Waals surface area contributed by atoms with Crippen LogP contribution in [0, 0.1) is 0 Å². The van der Waals surface area contributed by atoms with Crippen LogP contribution >= 0.6 is 23.2 Å². The highest BCUT2D eigenvalue weighted by Crippen LogP contribution is 2.29. The smallest absolute Gasteiger partial charge is 0.271 e. The van der Waals surface area contributed by atoms with E-state index in [0.717, 1.165) is 38.4 Å². The number of carbonyl (C=O) groups is 1. The van der Waals surface area contributed by atoms with Gasteiger partial charge in [0, 0.05) is 50.4 Å². The largest absolute Gasteiger partial charge is 0.368 e. The SMILES string of the molecule is O=C(NCCN1CCN(c2ccc(Cl)cc2Cl)CC1)c1cc2[nH]c(=O)c3ccccc3n2n1. The van der Waals surface area contributed by atoms with Crippen LogP contribution in [-0.2, 0) is 0 Å². The van der Waals surface area contributed by atoms with E-state index in [-0.39, 0.29) is 17.2 Å². The molecular formula is C23H22Cl2N6O2. The lowest BCUT2D eigenvalue weighted by Crippen LogP contribution is -2.48. The van der Waals surface area contributed by atoms with Gasteiger partial charge < -0.3 is 15.2 Å². The fraction of sp³-hybridized carbons (Fsp3) is 0.261. The highest BCUT2D eigenvalue weighted by molar-refractivity contribution is 6.36. The number of piperazine rings is 1. The quantitative estimate of drug-likeness (QED) is 0.454.